The van der Waals surface area contributed by atoms with Gasteiger partial charge in [0, 0.05) is 25.0 Å². The molecule has 0 aliphatic heterocycles. The largest absolute Gasteiger partial charge is 0.382 e. The SMILES string of the molecule is NC1CCC(OCCNc2ccncc2Br)CC1. The molecule has 0 aromatic carbocycles. The normalized spacial score (nSPS) is 23.9. The van der Waals surface area contributed by atoms with E-state index < -0.39 is 0 Å². The molecular formula is C13H20BrN3O. The van der Waals surface area contributed by atoms with Gasteiger partial charge in [-0.05, 0) is 47.7 Å². The Morgan fingerprint density at radius 1 is 1.39 bits per heavy atom. The molecule has 3 N–H and O–H groups in total. The molecule has 1 aromatic rings. The summed E-state index contributed by atoms with van der Waals surface area (Å²) in [6.07, 6.45) is 8.33. The quantitative estimate of drug-likeness (QED) is 0.820. The zero-order chi connectivity index (χ0) is 12.8. The van der Waals surface area contributed by atoms with Gasteiger partial charge >= 0.3 is 0 Å². The first-order chi connectivity index (χ1) is 8.75. The summed E-state index contributed by atoms with van der Waals surface area (Å²) in [7, 11) is 0. The first-order valence-electron chi connectivity index (χ1n) is 6.46. The second kappa shape index (κ2) is 7.07. The molecule has 1 fully saturated rings. The number of nitrogens with one attached hydrogen (secondary N) is 1. The Labute approximate surface area is 116 Å². The van der Waals surface area contributed by atoms with E-state index in [4.69, 9.17) is 10.5 Å². The van der Waals surface area contributed by atoms with Gasteiger partial charge in [0.05, 0.1) is 22.9 Å². The van der Waals surface area contributed by atoms with Crippen molar-refractivity contribution in [1.29, 1.82) is 0 Å². The number of aromatic nitrogens is 1. The molecular weight excluding hydrogens is 294 g/mol. The van der Waals surface area contributed by atoms with E-state index in [9.17, 15) is 0 Å². The van der Waals surface area contributed by atoms with Gasteiger partial charge in [0.2, 0.25) is 0 Å². The van der Waals surface area contributed by atoms with Crippen LogP contribution in [0.25, 0.3) is 0 Å². The molecule has 0 radical (unpaired) electrons. The van der Waals surface area contributed by atoms with Crippen molar-refractivity contribution in [2.75, 3.05) is 18.5 Å². The van der Waals surface area contributed by atoms with Crippen LogP contribution in [-0.4, -0.2) is 30.3 Å². The lowest BCUT2D eigenvalue weighted by Crippen LogP contribution is -2.31. The Balaban J connectivity index is 1.63. The minimum absolute atomic E-state index is 0.385. The molecule has 0 unspecified atom stereocenters. The van der Waals surface area contributed by atoms with Gasteiger partial charge in [0.25, 0.3) is 0 Å². The van der Waals surface area contributed by atoms with E-state index in [-0.39, 0.29) is 0 Å². The highest BCUT2D eigenvalue weighted by Crippen LogP contribution is 2.21. The fraction of sp³-hybridized carbons (Fsp3) is 0.615. The van der Waals surface area contributed by atoms with E-state index in [1.54, 1.807) is 12.4 Å². The average Bonchev–Trinajstić information content (AvgIpc) is 2.39. The van der Waals surface area contributed by atoms with Crippen LogP contribution in [0.3, 0.4) is 0 Å². The summed E-state index contributed by atoms with van der Waals surface area (Å²) in [6, 6.07) is 2.33. The van der Waals surface area contributed by atoms with Crippen molar-refractivity contribution < 1.29 is 4.74 Å². The molecule has 0 atom stereocenters. The maximum atomic E-state index is 5.87. The third-order valence-corrected chi connectivity index (χ3v) is 3.89. The number of anilines is 1. The third kappa shape index (κ3) is 4.23. The lowest BCUT2D eigenvalue weighted by atomic mass is 9.94. The molecule has 1 aliphatic rings. The van der Waals surface area contributed by atoms with Crippen LogP contribution in [0.5, 0.6) is 0 Å². The van der Waals surface area contributed by atoms with E-state index in [0.717, 1.165) is 49.0 Å². The van der Waals surface area contributed by atoms with Crippen molar-refractivity contribution >= 4 is 21.6 Å². The van der Waals surface area contributed by atoms with Crippen molar-refractivity contribution in [3.63, 3.8) is 0 Å². The highest BCUT2D eigenvalue weighted by atomic mass is 79.9. The maximum Gasteiger partial charge on any atom is 0.0642 e. The topological polar surface area (TPSA) is 60.2 Å². The predicted octanol–water partition coefficient (Wildman–Crippen LogP) is 2.54. The van der Waals surface area contributed by atoms with Crippen LogP contribution in [0.2, 0.25) is 0 Å². The number of halogens is 1. The molecule has 1 aromatic heterocycles. The Hall–Kier alpha value is -0.650. The summed E-state index contributed by atoms with van der Waals surface area (Å²) in [5, 5.41) is 3.32. The first kappa shape index (κ1) is 13.8. The van der Waals surface area contributed by atoms with Crippen molar-refractivity contribution in [3.8, 4) is 0 Å². The van der Waals surface area contributed by atoms with Gasteiger partial charge in [-0.1, -0.05) is 0 Å². The molecule has 1 saturated carbocycles. The number of rotatable bonds is 5. The summed E-state index contributed by atoms with van der Waals surface area (Å²) in [5.41, 5.74) is 6.92. The van der Waals surface area contributed by atoms with Crippen molar-refractivity contribution in [2.24, 2.45) is 5.73 Å². The van der Waals surface area contributed by atoms with Crippen LogP contribution in [0, 0.1) is 0 Å². The number of hydrogen-bond donors (Lipinski definition) is 2. The van der Waals surface area contributed by atoms with Crippen molar-refractivity contribution in [2.45, 2.75) is 37.8 Å². The fourth-order valence-electron chi connectivity index (χ4n) is 2.19. The van der Waals surface area contributed by atoms with E-state index in [2.05, 4.69) is 26.2 Å². The average molecular weight is 314 g/mol. The van der Waals surface area contributed by atoms with Gasteiger partial charge in [0.1, 0.15) is 0 Å². The molecule has 2 rings (SSSR count). The molecule has 5 heteroatoms. The molecule has 0 amide bonds. The minimum Gasteiger partial charge on any atom is -0.382 e. The zero-order valence-electron chi connectivity index (χ0n) is 10.4. The number of ether oxygens (including phenoxy) is 1. The van der Waals surface area contributed by atoms with Gasteiger partial charge in [-0.25, -0.2) is 0 Å². The lowest BCUT2D eigenvalue weighted by molar-refractivity contribution is 0.0313. The monoisotopic (exact) mass is 313 g/mol. The van der Waals surface area contributed by atoms with Crippen molar-refractivity contribution in [1.82, 2.24) is 4.98 Å². The second-order valence-electron chi connectivity index (χ2n) is 4.69. The Bertz CT molecular complexity index is 367. The van der Waals surface area contributed by atoms with Crippen LogP contribution in [0.15, 0.2) is 22.9 Å². The van der Waals surface area contributed by atoms with Crippen LogP contribution >= 0.6 is 15.9 Å². The third-order valence-electron chi connectivity index (χ3n) is 3.26. The highest BCUT2D eigenvalue weighted by molar-refractivity contribution is 9.10. The molecule has 100 valence electrons. The van der Waals surface area contributed by atoms with Crippen LogP contribution in [-0.2, 0) is 4.74 Å². The molecule has 1 aliphatic carbocycles. The number of nitrogens with two attached hydrogens (primary N) is 1. The van der Waals surface area contributed by atoms with Gasteiger partial charge in [0.15, 0.2) is 0 Å². The summed E-state index contributed by atoms with van der Waals surface area (Å²) in [6.45, 7) is 1.54. The Morgan fingerprint density at radius 2 is 2.17 bits per heavy atom. The van der Waals surface area contributed by atoms with Gasteiger partial charge in [-0.3, -0.25) is 4.98 Å². The summed E-state index contributed by atoms with van der Waals surface area (Å²) >= 11 is 3.45. The smallest absolute Gasteiger partial charge is 0.0642 e. The molecule has 0 saturated heterocycles. The first-order valence-corrected chi connectivity index (χ1v) is 7.25. The Morgan fingerprint density at radius 3 is 2.89 bits per heavy atom. The van der Waals surface area contributed by atoms with E-state index in [0.29, 0.717) is 12.1 Å². The fourth-order valence-corrected chi connectivity index (χ4v) is 2.58. The highest BCUT2D eigenvalue weighted by Gasteiger charge is 2.18. The summed E-state index contributed by atoms with van der Waals surface area (Å²) < 4.78 is 6.82. The van der Waals surface area contributed by atoms with Gasteiger partial charge in [-0.2, -0.15) is 0 Å². The van der Waals surface area contributed by atoms with Gasteiger partial charge < -0.3 is 15.8 Å². The molecule has 4 nitrogen and oxygen atoms in total. The van der Waals surface area contributed by atoms with Crippen LogP contribution < -0.4 is 11.1 Å². The van der Waals surface area contributed by atoms with Crippen LogP contribution in [0.1, 0.15) is 25.7 Å². The Kier molecular flexibility index (Phi) is 5.41. The molecule has 0 bridgehead atoms. The number of hydrogen-bond acceptors (Lipinski definition) is 4. The maximum absolute atomic E-state index is 5.87. The van der Waals surface area contributed by atoms with E-state index >= 15 is 0 Å². The number of nitrogens with zero attached hydrogens (tertiary/aromatic N) is 1. The predicted molar refractivity (Wildman–Crippen MR) is 76.6 cm³/mol. The molecule has 0 spiro atoms. The number of pyridine rings is 1. The standard InChI is InChI=1S/C13H20BrN3O/c14-12-9-16-6-5-13(12)17-7-8-18-11-3-1-10(15)2-4-11/h5-6,9-11H,1-4,7-8,15H2,(H,16,17). The summed E-state index contributed by atoms with van der Waals surface area (Å²) in [5.74, 6) is 0. The van der Waals surface area contributed by atoms with Crippen LogP contribution in [0.4, 0.5) is 5.69 Å². The molecule has 1 heterocycles. The van der Waals surface area contributed by atoms with E-state index in [1.165, 1.54) is 0 Å². The molecule has 18 heavy (non-hydrogen) atoms. The van der Waals surface area contributed by atoms with E-state index in [1.807, 2.05) is 6.07 Å². The zero-order valence-corrected chi connectivity index (χ0v) is 12.0. The second-order valence-corrected chi connectivity index (χ2v) is 5.54. The lowest BCUT2D eigenvalue weighted by Gasteiger charge is -2.26. The van der Waals surface area contributed by atoms with Gasteiger partial charge in [-0.15, -0.1) is 0 Å². The minimum atomic E-state index is 0.385. The summed E-state index contributed by atoms with van der Waals surface area (Å²) in [4.78, 5) is 4.02. The van der Waals surface area contributed by atoms with Crippen molar-refractivity contribution in [3.05, 3.63) is 22.9 Å².